The van der Waals surface area contributed by atoms with E-state index >= 15 is 0 Å². The van der Waals surface area contributed by atoms with E-state index in [1.54, 1.807) is 29.2 Å². The van der Waals surface area contributed by atoms with Crippen molar-refractivity contribution in [1.29, 1.82) is 0 Å². The number of halogens is 1. The van der Waals surface area contributed by atoms with Crippen LogP contribution in [0.5, 0.6) is 0 Å². The van der Waals surface area contributed by atoms with Gasteiger partial charge in [0, 0.05) is 37.4 Å². The van der Waals surface area contributed by atoms with Crippen LogP contribution >= 0.6 is 0 Å². The first-order valence-electron chi connectivity index (χ1n) is 9.24. The molecule has 0 unspecified atom stereocenters. The van der Waals surface area contributed by atoms with Crippen LogP contribution < -0.4 is 9.62 Å². The molecule has 152 valence electrons. The van der Waals surface area contributed by atoms with Gasteiger partial charge in [0.1, 0.15) is 5.82 Å². The molecule has 0 saturated carbocycles. The Morgan fingerprint density at radius 1 is 1.10 bits per heavy atom. The summed E-state index contributed by atoms with van der Waals surface area (Å²) in [7, 11) is -3.77. The van der Waals surface area contributed by atoms with E-state index in [0.717, 1.165) is 18.7 Å². The van der Waals surface area contributed by atoms with Crippen LogP contribution in [-0.4, -0.2) is 51.9 Å². The molecular formula is C21H22FN3O3S. The summed E-state index contributed by atoms with van der Waals surface area (Å²) >= 11 is 0. The predicted molar refractivity (Wildman–Crippen MR) is 110 cm³/mol. The Bertz CT molecular complexity index is 1020. The van der Waals surface area contributed by atoms with E-state index in [9.17, 15) is 17.6 Å². The lowest BCUT2D eigenvalue weighted by molar-refractivity contribution is 0.0767. The Kier molecular flexibility index (Phi) is 6.52. The van der Waals surface area contributed by atoms with Crippen molar-refractivity contribution in [2.24, 2.45) is 0 Å². The van der Waals surface area contributed by atoms with Crippen LogP contribution in [-0.2, 0) is 10.0 Å². The van der Waals surface area contributed by atoms with Crippen molar-refractivity contribution in [3.63, 3.8) is 0 Å². The number of amides is 1. The molecule has 0 atom stereocenters. The Labute approximate surface area is 170 Å². The number of nitrogens with one attached hydrogen (secondary N) is 1. The van der Waals surface area contributed by atoms with Crippen molar-refractivity contribution in [3.05, 3.63) is 59.9 Å². The number of hydrogen-bond acceptors (Lipinski definition) is 4. The van der Waals surface area contributed by atoms with Crippen LogP contribution in [0.4, 0.5) is 10.1 Å². The summed E-state index contributed by atoms with van der Waals surface area (Å²) in [6.07, 6.45) is 5.86. The summed E-state index contributed by atoms with van der Waals surface area (Å²) in [6, 6.07) is 12.2. The van der Waals surface area contributed by atoms with Crippen molar-refractivity contribution in [2.45, 2.75) is 11.3 Å². The summed E-state index contributed by atoms with van der Waals surface area (Å²) in [4.78, 5) is 16.8. The minimum Gasteiger partial charge on any atom is -0.370 e. The molecule has 1 fully saturated rings. The molecule has 1 amide bonds. The Balaban J connectivity index is 1.71. The van der Waals surface area contributed by atoms with E-state index in [-0.39, 0.29) is 23.2 Å². The largest absolute Gasteiger partial charge is 0.370 e. The number of hydrogen-bond donors (Lipinski definition) is 1. The van der Waals surface area contributed by atoms with Crippen LogP contribution in [0.2, 0.25) is 0 Å². The summed E-state index contributed by atoms with van der Waals surface area (Å²) < 4.78 is 39.9. The fourth-order valence-electron chi connectivity index (χ4n) is 3.23. The molecule has 0 bridgehead atoms. The summed E-state index contributed by atoms with van der Waals surface area (Å²) in [6.45, 7) is 2.29. The lowest BCUT2D eigenvalue weighted by Gasteiger charge is -2.24. The molecule has 3 rings (SSSR count). The van der Waals surface area contributed by atoms with Gasteiger partial charge in [0.15, 0.2) is 0 Å². The normalized spacial score (nSPS) is 14.9. The van der Waals surface area contributed by atoms with Crippen LogP contribution in [0.25, 0.3) is 0 Å². The smallest absolute Gasteiger partial charge is 0.253 e. The lowest BCUT2D eigenvalue weighted by Crippen LogP contribution is -2.35. The topological polar surface area (TPSA) is 69.7 Å². The van der Waals surface area contributed by atoms with Gasteiger partial charge in [0.05, 0.1) is 11.4 Å². The third kappa shape index (κ3) is 5.13. The first-order chi connectivity index (χ1) is 13.9. The summed E-state index contributed by atoms with van der Waals surface area (Å²) in [5.74, 6) is 1.71. The van der Waals surface area contributed by atoms with Crippen LogP contribution in [0.3, 0.4) is 0 Å². The maximum absolute atomic E-state index is 13.1. The molecule has 1 aliphatic heterocycles. The van der Waals surface area contributed by atoms with Crippen LogP contribution in [0.15, 0.2) is 53.4 Å². The van der Waals surface area contributed by atoms with Gasteiger partial charge < -0.3 is 9.80 Å². The molecule has 1 heterocycles. The molecule has 0 aromatic heterocycles. The van der Waals surface area contributed by atoms with Crippen molar-refractivity contribution in [3.8, 4) is 12.3 Å². The fraction of sp³-hybridized carbons (Fsp3) is 0.286. The van der Waals surface area contributed by atoms with E-state index < -0.39 is 10.0 Å². The fourth-order valence-corrected chi connectivity index (χ4v) is 4.21. The van der Waals surface area contributed by atoms with E-state index in [4.69, 9.17) is 6.42 Å². The molecule has 2 aromatic carbocycles. The van der Waals surface area contributed by atoms with E-state index in [1.807, 2.05) is 0 Å². The first kappa shape index (κ1) is 20.8. The minimum atomic E-state index is -3.77. The average molecular weight is 415 g/mol. The summed E-state index contributed by atoms with van der Waals surface area (Å²) in [5, 5.41) is 0. The van der Waals surface area contributed by atoms with Gasteiger partial charge in [-0.25, -0.2) is 12.8 Å². The third-order valence-corrected chi connectivity index (χ3v) is 6.13. The zero-order chi connectivity index (χ0) is 20.9. The molecule has 0 spiro atoms. The highest BCUT2D eigenvalue weighted by Gasteiger charge is 2.22. The maximum atomic E-state index is 13.1. The van der Waals surface area contributed by atoms with Gasteiger partial charge >= 0.3 is 0 Å². The second-order valence-electron chi connectivity index (χ2n) is 6.67. The number of benzene rings is 2. The predicted octanol–water partition coefficient (Wildman–Crippen LogP) is 2.09. The number of sulfonamides is 1. The number of terminal acetylenes is 1. The molecule has 6 nitrogen and oxygen atoms in total. The van der Waals surface area contributed by atoms with Gasteiger partial charge in [-0.2, -0.15) is 4.72 Å². The van der Waals surface area contributed by atoms with Gasteiger partial charge in [-0.1, -0.05) is 12.0 Å². The molecule has 8 heteroatoms. The monoisotopic (exact) mass is 415 g/mol. The minimum absolute atomic E-state index is 0.00126. The van der Waals surface area contributed by atoms with E-state index in [0.29, 0.717) is 25.2 Å². The second kappa shape index (κ2) is 9.07. The van der Waals surface area contributed by atoms with Crippen molar-refractivity contribution >= 4 is 21.6 Å². The average Bonchev–Trinajstić information content (AvgIpc) is 2.99. The number of nitrogens with zero attached hydrogens (tertiary/aromatic N) is 2. The molecular weight excluding hydrogens is 393 g/mol. The molecule has 29 heavy (non-hydrogen) atoms. The van der Waals surface area contributed by atoms with Gasteiger partial charge in [-0.3, -0.25) is 4.79 Å². The Hall–Kier alpha value is -2.89. The highest BCUT2D eigenvalue weighted by molar-refractivity contribution is 7.89. The quantitative estimate of drug-likeness (QED) is 0.760. The highest BCUT2D eigenvalue weighted by atomic mass is 32.2. The SMILES string of the molecule is C#CCNS(=O)(=O)c1cccc(C(=O)N2CCCN(c3ccc(F)cc3)CC2)c1. The van der Waals surface area contributed by atoms with Gasteiger partial charge in [0.25, 0.3) is 5.91 Å². The molecule has 1 N–H and O–H groups in total. The van der Waals surface area contributed by atoms with Crippen molar-refractivity contribution in [2.75, 3.05) is 37.6 Å². The Morgan fingerprint density at radius 2 is 1.86 bits per heavy atom. The summed E-state index contributed by atoms with van der Waals surface area (Å²) in [5.41, 5.74) is 1.22. The van der Waals surface area contributed by atoms with Gasteiger partial charge in [0.2, 0.25) is 10.0 Å². The van der Waals surface area contributed by atoms with Crippen LogP contribution in [0, 0.1) is 18.2 Å². The zero-order valence-corrected chi connectivity index (χ0v) is 16.7. The Morgan fingerprint density at radius 3 is 2.59 bits per heavy atom. The number of rotatable bonds is 5. The molecule has 1 saturated heterocycles. The standard InChI is InChI=1S/C21H22FN3O3S/c1-2-11-23-29(27,28)20-6-3-5-17(16-20)21(26)25-13-4-12-24(14-15-25)19-9-7-18(22)8-10-19/h1,3,5-10,16,23H,4,11-15H2. The van der Waals surface area contributed by atoms with Crippen molar-refractivity contribution in [1.82, 2.24) is 9.62 Å². The van der Waals surface area contributed by atoms with Gasteiger partial charge in [-0.15, -0.1) is 6.42 Å². The number of anilines is 1. The highest BCUT2D eigenvalue weighted by Crippen LogP contribution is 2.19. The zero-order valence-electron chi connectivity index (χ0n) is 15.8. The van der Waals surface area contributed by atoms with Crippen LogP contribution in [0.1, 0.15) is 16.8 Å². The van der Waals surface area contributed by atoms with E-state index in [2.05, 4.69) is 15.5 Å². The van der Waals surface area contributed by atoms with Gasteiger partial charge in [-0.05, 0) is 48.9 Å². The van der Waals surface area contributed by atoms with E-state index in [1.165, 1.54) is 24.3 Å². The molecule has 1 aliphatic rings. The first-order valence-corrected chi connectivity index (χ1v) is 10.7. The van der Waals surface area contributed by atoms with Crippen molar-refractivity contribution < 1.29 is 17.6 Å². The third-order valence-electron chi connectivity index (χ3n) is 4.73. The second-order valence-corrected chi connectivity index (χ2v) is 8.43. The molecule has 0 aliphatic carbocycles. The molecule has 2 aromatic rings. The number of carbonyl (C=O) groups is 1. The maximum Gasteiger partial charge on any atom is 0.253 e. The lowest BCUT2D eigenvalue weighted by atomic mass is 10.2. The molecule has 0 radical (unpaired) electrons. The number of carbonyl (C=O) groups excluding carboxylic acids is 1.